The third kappa shape index (κ3) is 2.91. The van der Waals surface area contributed by atoms with Crippen molar-refractivity contribution in [2.24, 2.45) is 0 Å². The van der Waals surface area contributed by atoms with E-state index in [1.54, 1.807) is 13.2 Å². The van der Waals surface area contributed by atoms with Crippen molar-refractivity contribution in [3.8, 4) is 17.2 Å². The first-order chi connectivity index (χ1) is 8.29. The Morgan fingerprint density at radius 1 is 1.00 bits per heavy atom. The number of benzene rings is 2. The molecule has 0 saturated heterocycles. The van der Waals surface area contributed by atoms with Crippen molar-refractivity contribution in [2.75, 3.05) is 7.11 Å². The van der Waals surface area contributed by atoms with E-state index in [0.29, 0.717) is 18.1 Å². The maximum absolute atomic E-state index is 11.2. The summed E-state index contributed by atoms with van der Waals surface area (Å²) < 4.78 is 10.7. The summed E-state index contributed by atoms with van der Waals surface area (Å²) in [5.74, 6) is 0.957. The fraction of sp³-hybridized carbons (Fsp3) is 0.143. The number of hydrogen-bond acceptors (Lipinski definition) is 2. The van der Waals surface area contributed by atoms with Gasteiger partial charge in [-0.2, -0.15) is 0 Å². The molecule has 0 heterocycles. The van der Waals surface area contributed by atoms with E-state index in [2.05, 4.69) is 0 Å². The van der Waals surface area contributed by atoms with Crippen molar-refractivity contribution >= 4 is 0 Å². The molecule has 17 heavy (non-hydrogen) atoms. The first-order valence-electron chi connectivity index (χ1n) is 5.31. The highest BCUT2D eigenvalue weighted by atomic mass is 16.5. The zero-order chi connectivity index (χ0) is 12.1. The van der Waals surface area contributed by atoms with E-state index in [4.69, 9.17) is 9.47 Å². The summed E-state index contributed by atoms with van der Waals surface area (Å²) in [6.07, 6.45) is 0. The largest absolute Gasteiger partial charge is 0.493 e. The lowest BCUT2D eigenvalue weighted by atomic mass is 10.2. The molecule has 0 amide bonds. The Balaban J connectivity index is 2.11. The first-order valence-corrected chi connectivity index (χ1v) is 5.31. The minimum absolute atomic E-state index is 0.0890. The number of rotatable bonds is 4. The third-order valence-corrected chi connectivity index (χ3v) is 2.37. The third-order valence-electron chi connectivity index (χ3n) is 2.37. The molecule has 0 fully saturated rings. The molecule has 0 unspecified atom stereocenters. The molecule has 2 rings (SSSR count). The molecule has 2 aromatic rings. The molecule has 0 bridgehead atoms. The molecule has 2 aromatic carbocycles. The summed E-state index contributed by atoms with van der Waals surface area (Å²) in [6.45, 7) is 0.417. The lowest BCUT2D eigenvalue weighted by Crippen LogP contribution is -1.97. The zero-order valence-corrected chi connectivity index (χ0v) is 9.55. The van der Waals surface area contributed by atoms with Crippen LogP contribution in [0.15, 0.2) is 48.5 Å². The summed E-state index contributed by atoms with van der Waals surface area (Å²) in [5.41, 5.74) is 1.05. The Bertz CT molecular complexity index is 480. The Morgan fingerprint density at radius 3 is 2.47 bits per heavy atom. The van der Waals surface area contributed by atoms with Crippen LogP contribution in [0.5, 0.6) is 17.2 Å². The average Bonchev–Trinajstić information content (AvgIpc) is 2.38. The normalized spacial score (nSPS) is 9.94. The molecule has 0 aliphatic rings. The van der Waals surface area contributed by atoms with E-state index in [9.17, 15) is 5.11 Å². The van der Waals surface area contributed by atoms with Crippen molar-refractivity contribution in [3.05, 3.63) is 54.1 Å². The van der Waals surface area contributed by atoms with Crippen LogP contribution in [0.3, 0.4) is 0 Å². The van der Waals surface area contributed by atoms with E-state index in [1.807, 2.05) is 30.3 Å². The Labute approximate surface area is 100 Å². The Hall–Kier alpha value is -2.16. The van der Waals surface area contributed by atoms with Crippen LogP contribution in [0.2, 0.25) is 0 Å². The molecule has 3 nitrogen and oxygen atoms in total. The first kappa shape index (κ1) is 11.3. The minimum Gasteiger partial charge on any atom is -0.493 e. The predicted octanol–water partition coefficient (Wildman–Crippen LogP) is 3.42. The molecule has 1 radical (unpaired) electrons. The van der Waals surface area contributed by atoms with Gasteiger partial charge in [0.2, 0.25) is 0 Å². The van der Waals surface area contributed by atoms with E-state index < -0.39 is 0 Å². The van der Waals surface area contributed by atoms with Crippen molar-refractivity contribution < 1.29 is 14.6 Å². The molecule has 0 spiro atoms. The second kappa shape index (κ2) is 5.25. The zero-order valence-electron chi connectivity index (χ0n) is 9.55. The minimum atomic E-state index is -0.0890. The van der Waals surface area contributed by atoms with Crippen LogP contribution in [0.1, 0.15) is 5.56 Å². The quantitative estimate of drug-likeness (QED) is 0.805. The summed E-state index contributed by atoms with van der Waals surface area (Å²) in [7, 11) is 1.55. The second-order valence-electron chi connectivity index (χ2n) is 3.59. The van der Waals surface area contributed by atoms with Gasteiger partial charge in [-0.05, 0) is 17.7 Å². The van der Waals surface area contributed by atoms with Crippen molar-refractivity contribution in [1.29, 1.82) is 0 Å². The summed E-state index contributed by atoms with van der Waals surface area (Å²) in [4.78, 5) is 0. The summed E-state index contributed by atoms with van der Waals surface area (Å²) >= 11 is 0. The molecular weight excluding hydrogens is 216 g/mol. The molecule has 0 N–H and O–H groups in total. The van der Waals surface area contributed by atoms with Crippen LogP contribution >= 0.6 is 0 Å². The van der Waals surface area contributed by atoms with Crippen LogP contribution in [0, 0.1) is 0 Å². The fourth-order valence-electron chi connectivity index (χ4n) is 1.51. The van der Waals surface area contributed by atoms with Crippen LogP contribution < -0.4 is 9.47 Å². The fourth-order valence-corrected chi connectivity index (χ4v) is 1.51. The number of hydrogen-bond donors (Lipinski definition) is 0. The Morgan fingerprint density at radius 2 is 1.76 bits per heavy atom. The van der Waals surface area contributed by atoms with E-state index in [1.165, 1.54) is 12.1 Å². The van der Waals surface area contributed by atoms with E-state index in [-0.39, 0.29) is 5.75 Å². The molecule has 0 aliphatic carbocycles. The van der Waals surface area contributed by atoms with Gasteiger partial charge < -0.3 is 9.47 Å². The maximum atomic E-state index is 11.2. The van der Waals surface area contributed by atoms with Crippen LogP contribution in [-0.4, -0.2) is 7.11 Å². The lowest BCUT2D eigenvalue weighted by molar-refractivity contribution is 0.279. The van der Waals surface area contributed by atoms with Crippen LogP contribution in [0.4, 0.5) is 0 Å². The van der Waals surface area contributed by atoms with Gasteiger partial charge in [0.15, 0.2) is 17.2 Å². The van der Waals surface area contributed by atoms with Crippen molar-refractivity contribution in [3.63, 3.8) is 0 Å². The average molecular weight is 229 g/mol. The van der Waals surface area contributed by atoms with Crippen LogP contribution in [-0.2, 0) is 11.7 Å². The van der Waals surface area contributed by atoms with Gasteiger partial charge in [0.05, 0.1) is 7.11 Å². The van der Waals surface area contributed by atoms with E-state index in [0.717, 1.165) is 5.56 Å². The highest BCUT2D eigenvalue weighted by molar-refractivity contribution is 5.44. The van der Waals surface area contributed by atoms with E-state index >= 15 is 0 Å². The lowest BCUT2D eigenvalue weighted by Gasteiger charge is -2.10. The molecule has 87 valence electrons. The van der Waals surface area contributed by atoms with Gasteiger partial charge >= 0.3 is 0 Å². The highest BCUT2D eigenvalue weighted by Crippen LogP contribution is 2.31. The van der Waals surface area contributed by atoms with Gasteiger partial charge in [0, 0.05) is 6.07 Å². The molecule has 0 atom stereocenters. The number of ether oxygens (including phenoxy) is 2. The van der Waals surface area contributed by atoms with Gasteiger partial charge in [0.1, 0.15) is 6.61 Å². The SMILES string of the molecule is COc1ccc([O])cc1OCc1ccccc1. The predicted molar refractivity (Wildman–Crippen MR) is 63.9 cm³/mol. The standard InChI is InChI=1S/C14H13O3/c1-16-13-8-7-12(15)9-14(13)17-10-11-5-3-2-4-6-11/h2-9H,10H2,1H3. The Kier molecular flexibility index (Phi) is 3.50. The molecule has 0 aromatic heterocycles. The molecule has 3 heteroatoms. The van der Waals surface area contributed by atoms with Crippen molar-refractivity contribution in [2.45, 2.75) is 6.61 Å². The second-order valence-corrected chi connectivity index (χ2v) is 3.59. The van der Waals surface area contributed by atoms with Gasteiger partial charge in [-0.1, -0.05) is 30.3 Å². The van der Waals surface area contributed by atoms with Gasteiger partial charge in [-0.25, -0.2) is 0 Å². The maximum Gasteiger partial charge on any atom is 0.182 e. The number of methoxy groups -OCH3 is 1. The molecular formula is C14H13O3. The summed E-state index contributed by atoms with van der Waals surface area (Å²) in [5, 5.41) is 11.2. The van der Waals surface area contributed by atoms with Gasteiger partial charge in [0.25, 0.3) is 0 Å². The van der Waals surface area contributed by atoms with Gasteiger partial charge in [-0.3, -0.25) is 5.11 Å². The smallest absolute Gasteiger partial charge is 0.182 e. The molecule has 0 aliphatic heterocycles. The van der Waals surface area contributed by atoms with Crippen molar-refractivity contribution in [1.82, 2.24) is 0 Å². The highest BCUT2D eigenvalue weighted by Gasteiger charge is 2.06. The summed E-state index contributed by atoms with van der Waals surface area (Å²) in [6, 6.07) is 14.3. The molecule has 0 saturated carbocycles. The van der Waals surface area contributed by atoms with Gasteiger partial charge in [-0.15, -0.1) is 0 Å². The monoisotopic (exact) mass is 229 g/mol. The topological polar surface area (TPSA) is 38.4 Å². The van der Waals surface area contributed by atoms with Crippen LogP contribution in [0.25, 0.3) is 0 Å².